The molecule has 1 saturated carbocycles. The molecule has 0 spiro atoms. The number of nitrogens with zero attached hydrogens (tertiary/aromatic N) is 2. The first kappa shape index (κ1) is 14.5. The summed E-state index contributed by atoms with van der Waals surface area (Å²) < 4.78 is 1.78. The molecule has 0 radical (unpaired) electrons. The van der Waals surface area contributed by atoms with Gasteiger partial charge in [0.1, 0.15) is 0 Å². The maximum absolute atomic E-state index is 12.6. The Kier molecular flexibility index (Phi) is 3.54. The van der Waals surface area contributed by atoms with Gasteiger partial charge in [0.05, 0.1) is 10.6 Å². The number of nitro groups is 1. The van der Waals surface area contributed by atoms with E-state index in [1.165, 1.54) is 12.1 Å². The molecule has 22 heavy (non-hydrogen) atoms. The Bertz CT molecular complexity index is 774. The third kappa shape index (κ3) is 2.53. The van der Waals surface area contributed by atoms with E-state index in [1.807, 2.05) is 6.07 Å². The van der Waals surface area contributed by atoms with E-state index in [4.69, 9.17) is 5.73 Å². The van der Waals surface area contributed by atoms with Gasteiger partial charge in [0, 0.05) is 29.8 Å². The maximum Gasteiger partial charge on any atom is 0.269 e. The van der Waals surface area contributed by atoms with Crippen LogP contribution in [0.3, 0.4) is 0 Å². The number of hydrogen-bond donors (Lipinski definition) is 1. The number of aromatic nitrogens is 1. The highest BCUT2D eigenvalue weighted by Gasteiger charge is 2.28. The first-order valence-corrected chi connectivity index (χ1v) is 7.25. The number of nitrogens with two attached hydrogens (primary N) is 1. The highest BCUT2D eigenvalue weighted by Crippen LogP contribution is 2.37. The van der Waals surface area contributed by atoms with Crippen LogP contribution in [0.15, 0.2) is 41.2 Å². The monoisotopic (exact) mass is 299 g/mol. The standard InChI is InChI=1S/C16H17N3O3/c1-10(17)14-8-9-15(18(16(14)20)12-6-7-12)11-2-4-13(5-3-11)19(21)22/h2-5,8-10,12H,6-7,17H2,1H3. The van der Waals surface area contributed by atoms with Crippen molar-refractivity contribution < 1.29 is 4.92 Å². The molecule has 1 aliphatic carbocycles. The lowest BCUT2D eigenvalue weighted by Crippen LogP contribution is -2.27. The van der Waals surface area contributed by atoms with Gasteiger partial charge in [-0.3, -0.25) is 14.9 Å². The van der Waals surface area contributed by atoms with Crippen LogP contribution in [0.1, 0.15) is 37.4 Å². The molecule has 0 saturated heterocycles. The van der Waals surface area contributed by atoms with E-state index in [1.54, 1.807) is 29.7 Å². The van der Waals surface area contributed by atoms with Crippen LogP contribution < -0.4 is 11.3 Å². The van der Waals surface area contributed by atoms with E-state index in [0.29, 0.717) is 5.56 Å². The molecule has 6 nitrogen and oxygen atoms in total. The summed E-state index contributed by atoms with van der Waals surface area (Å²) in [7, 11) is 0. The topological polar surface area (TPSA) is 91.2 Å². The zero-order valence-corrected chi connectivity index (χ0v) is 12.2. The summed E-state index contributed by atoms with van der Waals surface area (Å²) in [6, 6.07) is 9.78. The molecule has 114 valence electrons. The van der Waals surface area contributed by atoms with Crippen molar-refractivity contribution in [3.8, 4) is 11.3 Å². The fourth-order valence-electron chi connectivity index (χ4n) is 2.60. The second-order valence-electron chi connectivity index (χ2n) is 5.67. The van der Waals surface area contributed by atoms with E-state index in [9.17, 15) is 14.9 Å². The van der Waals surface area contributed by atoms with Crippen molar-refractivity contribution in [1.82, 2.24) is 4.57 Å². The molecule has 1 atom stereocenters. The number of rotatable bonds is 4. The predicted octanol–water partition coefficient (Wildman–Crippen LogP) is 2.78. The molecular weight excluding hydrogens is 282 g/mol. The van der Waals surface area contributed by atoms with Gasteiger partial charge in [-0.1, -0.05) is 0 Å². The van der Waals surface area contributed by atoms with Crippen LogP contribution >= 0.6 is 0 Å². The van der Waals surface area contributed by atoms with E-state index in [2.05, 4.69) is 0 Å². The molecule has 3 rings (SSSR count). The Morgan fingerprint density at radius 3 is 2.36 bits per heavy atom. The summed E-state index contributed by atoms with van der Waals surface area (Å²) in [5.74, 6) is 0. The average molecular weight is 299 g/mol. The Morgan fingerprint density at radius 2 is 1.86 bits per heavy atom. The van der Waals surface area contributed by atoms with Crippen LogP contribution in [0, 0.1) is 10.1 Å². The molecule has 1 heterocycles. The smallest absolute Gasteiger partial charge is 0.269 e. The van der Waals surface area contributed by atoms with Crippen molar-refractivity contribution in [1.29, 1.82) is 0 Å². The van der Waals surface area contributed by atoms with Crippen LogP contribution in [-0.4, -0.2) is 9.49 Å². The first-order valence-electron chi connectivity index (χ1n) is 7.25. The maximum atomic E-state index is 12.6. The molecule has 6 heteroatoms. The Labute approximate surface area is 127 Å². The lowest BCUT2D eigenvalue weighted by Gasteiger charge is -2.15. The van der Waals surface area contributed by atoms with Gasteiger partial charge in [-0.15, -0.1) is 0 Å². The van der Waals surface area contributed by atoms with Gasteiger partial charge in [0.25, 0.3) is 11.2 Å². The molecule has 1 aromatic heterocycles. The quantitative estimate of drug-likeness (QED) is 0.694. The van der Waals surface area contributed by atoms with E-state index in [0.717, 1.165) is 24.1 Å². The normalized spacial score (nSPS) is 15.5. The third-order valence-electron chi connectivity index (χ3n) is 3.92. The molecule has 1 unspecified atom stereocenters. The summed E-state index contributed by atoms with van der Waals surface area (Å²) in [6.07, 6.45) is 1.95. The molecule has 1 aromatic carbocycles. The third-order valence-corrected chi connectivity index (χ3v) is 3.92. The molecule has 2 N–H and O–H groups in total. The number of hydrogen-bond acceptors (Lipinski definition) is 4. The lowest BCUT2D eigenvalue weighted by atomic mass is 10.1. The van der Waals surface area contributed by atoms with Crippen molar-refractivity contribution >= 4 is 5.69 Å². The van der Waals surface area contributed by atoms with Crippen molar-refractivity contribution in [2.75, 3.05) is 0 Å². The first-order chi connectivity index (χ1) is 10.5. The zero-order valence-electron chi connectivity index (χ0n) is 12.2. The lowest BCUT2D eigenvalue weighted by molar-refractivity contribution is -0.384. The van der Waals surface area contributed by atoms with Gasteiger partial charge < -0.3 is 10.3 Å². The van der Waals surface area contributed by atoms with Gasteiger partial charge in [-0.25, -0.2) is 0 Å². The van der Waals surface area contributed by atoms with Crippen LogP contribution in [0.5, 0.6) is 0 Å². The zero-order chi connectivity index (χ0) is 15.9. The molecular formula is C16H17N3O3. The molecule has 1 aliphatic rings. The Balaban J connectivity index is 2.12. The minimum Gasteiger partial charge on any atom is -0.324 e. The number of non-ortho nitro benzene ring substituents is 1. The number of nitro benzene ring substituents is 1. The van der Waals surface area contributed by atoms with Crippen molar-refractivity contribution in [2.45, 2.75) is 31.8 Å². The summed E-state index contributed by atoms with van der Waals surface area (Å²) >= 11 is 0. The summed E-state index contributed by atoms with van der Waals surface area (Å²) in [5, 5.41) is 10.7. The van der Waals surface area contributed by atoms with E-state index < -0.39 is 4.92 Å². The predicted molar refractivity (Wildman–Crippen MR) is 83.7 cm³/mol. The Hall–Kier alpha value is -2.47. The van der Waals surface area contributed by atoms with Gasteiger partial charge >= 0.3 is 0 Å². The van der Waals surface area contributed by atoms with Crippen LogP contribution in [0.2, 0.25) is 0 Å². The molecule has 0 aliphatic heterocycles. The van der Waals surface area contributed by atoms with Gasteiger partial charge in [0.15, 0.2) is 0 Å². The minimum atomic E-state index is -0.434. The molecule has 2 aromatic rings. The van der Waals surface area contributed by atoms with Gasteiger partial charge in [-0.2, -0.15) is 0 Å². The highest BCUT2D eigenvalue weighted by molar-refractivity contribution is 5.62. The van der Waals surface area contributed by atoms with Crippen LogP contribution in [0.25, 0.3) is 11.3 Å². The van der Waals surface area contributed by atoms with Gasteiger partial charge in [-0.05, 0) is 49.6 Å². The van der Waals surface area contributed by atoms with E-state index >= 15 is 0 Å². The minimum absolute atomic E-state index is 0.0382. The largest absolute Gasteiger partial charge is 0.324 e. The van der Waals surface area contributed by atoms with Gasteiger partial charge in [0.2, 0.25) is 0 Å². The van der Waals surface area contributed by atoms with Crippen molar-refractivity contribution in [3.05, 3.63) is 62.4 Å². The summed E-state index contributed by atoms with van der Waals surface area (Å²) in [6.45, 7) is 1.79. The second-order valence-corrected chi connectivity index (χ2v) is 5.67. The summed E-state index contributed by atoms with van der Waals surface area (Å²) in [4.78, 5) is 22.9. The molecule has 0 amide bonds. The van der Waals surface area contributed by atoms with E-state index in [-0.39, 0.29) is 23.3 Å². The van der Waals surface area contributed by atoms with Crippen molar-refractivity contribution in [2.24, 2.45) is 5.73 Å². The highest BCUT2D eigenvalue weighted by atomic mass is 16.6. The van der Waals surface area contributed by atoms with Crippen molar-refractivity contribution in [3.63, 3.8) is 0 Å². The second kappa shape index (κ2) is 5.38. The molecule has 0 bridgehead atoms. The fraction of sp³-hybridized carbons (Fsp3) is 0.312. The van der Waals surface area contributed by atoms with Crippen LogP contribution in [-0.2, 0) is 0 Å². The number of benzene rings is 1. The SMILES string of the molecule is CC(N)c1ccc(-c2ccc([N+](=O)[O-])cc2)n(C2CC2)c1=O. The summed E-state index contributed by atoms with van der Waals surface area (Å²) in [5.41, 5.74) is 8.01. The fourth-order valence-corrected chi connectivity index (χ4v) is 2.60. The molecule has 1 fully saturated rings. The Morgan fingerprint density at radius 1 is 1.23 bits per heavy atom. The average Bonchev–Trinajstić information content (AvgIpc) is 3.31. The number of pyridine rings is 1. The van der Waals surface area contributed by atoms with Crippen LogP contribution in [0.4, 0.5) is 5.69 Å².